The molecule has 1 aliphatic carbocycles. The van der Waals surface area contributed by atoms with Gasteiger partial charge in [0.1, 0.15) is 5.52 Å². The van der Waals surface area contributed by atoms with Gasteiger partial charge in [0.15, 0.2) is 0 Å². The van der Waals surface area contributed by atoms with E-state index in [0.717, 1.165) is 22.7 Å². The molecule has 3 aromatic rings. The molecule has 3 atom stereocenters. The molecule has 1 fully saturated rings. The van der Waals surface area contributed by atoms with Crippen molar-refractivity contribution in [2.24, 2.45) is 11.8 Å². The van der Waals surface area contributed by atoms with E-state index in [2.05, 4.69) is 29.4 Å². The maximum atomic E-state index is 12.5. The van der Waals surface area contributed by atoms with Crippen molar-refractivity contribution < 1.29 is 4.79 Å². The van der Waals surface area contributed by atoms with Gasteiger partial charge in [-0.2, -0.15) is 5.10 Å². The highest BCUT2D eigenvalue weighted by molar-refractivity contribution is 6.07. The molecular formula is C22H28N4O2. The Morgan fingerprint density at radius 2 is 2.07 bits per heavy atom. The summed E-state index contributed by atoms with van der Waals surface area (Å²) in [7, 11) is 0. The summed E-state index contributed by atoms with van der Waals surface area (Å²) in [4.78, 5) is 24.9. The number of rotatable bonds is 5. The van der Waals surface area contributed by atoms with Crippen LogP contribution in [0.3, 0.4) is 0 Å². The van der Waals surface area contributed by atoms with Crippen molar-refractivity contribution in [1.82, 2.24) is 20.1 Å². The second-order valence-corrected chi connectivity index (χ2v) is 8.18. The van der Waals surface area contributed by atoms with Gasteiger partial charge in [0.25, 0.3) is 5.56 Å². The summed E-state index contributed by atoms with van der Waals surface area (Å²) in [5, 5.41) is 11.6. The van der Waals surface area contributed by atoms with Gasteiger partial charge in [-0.15, -0.1) is 0 Å². The summed E-state index contributed by atoms with van der Waals surface area (Å²) in [6.07, 6.45) is 6.38. The average molecular weight is 380 g/mol. The summed E-state index contributed by atoms with van der Waals surface area (Å²) < 4.78 is 2.02. The standard InChI is InChI=1S/C22H28N4O2/c1-14-7-5-9-18(15(14)2)24-20(27)11-6-12-26-19-10-4-3-8-16(19)17-13-23-25-22(28)21(17)26/h3-4,8,10,13-15,18H,5-7,9,11-12H2,1-2H3,(H,24,27)(H,25,28)/t14-,15+,18-/m1/s1. The number of carbonyl (C=O) groups excluding carboxylic acids is 1. The van der Waals surface area contributed by atoms with Crippen LogP contribution >= 0.6 is 0 Å². The normalized spacial score (nSPS) is 22.6. The lowest BCUT2D eigenvalue weighted by Gasteiger charge is -2.34. The van der Waals surface area contributed by atoms with Gasteiger partial charge in [-0.3, -0.25) is 9.59 Å². The number of nitrogens with one attached hydrogen (secondary N) is 2. The third kappa shape index (κ3) is 3.43. The summed E-state index contributed by atoms with van der Waals surface area (Å²) in [6.45, 7) is 5.14. The zero-order chi connectivity index (χ0) is 19.7. The fraction of sp³-hybridized carbons (Fsp3) is 0.500. The summed E-state index contributed by atoms with van der Waals surface area (Å²) >= 11 is 0. The van der Waals surface area contributed by atoms with Crippen LogP contribution in [0, 0.1) is 11.8 Å². The average Bonchev–Trinajstić information content (AvgIpc) is 3.01. The number of aryl methyl sites for hydroxylation is 1. The van der Waals surface area contributed by atoms with Crippen molar-refractivity contribution in [3.63, 3.8) is 0 Å². The first-order valence-electron chi connectivity index (χ1n) is 10.3. The van der Waals surface area contributed by atoms with Gasteiger partial charge >= 0.3 is 0 Å². The maximum absolute atomic E-state index is 12.5. The second kappa shape index (κ2) is 7.78. The molecule has 6 nitrogen and oxygen atoms in total. The Morgan fingerprint density at radius 1 is 1.25 bits per heavy atom. The topological polar surface area (TPSA) is 79.8 Å². The van der Waals surface area contributed by atoms with Gasteiger partial charge in [0.2, 0.25) is 5.91 Å². The smallest absolute Gasteiger partial charge is 0.288 e. The number of fused-ring (bicyclic) bond motifs is 3. The van der Waals surface area contributed by atoms with Crippen molar-refractivity contribution in [1.29, 1.82) is 0 Å². The van der Waals surface area contributed by atoms with Crippen LogP contribution in [0.2, 0.25) is 0 Å². The monoisotopic (exact) mass is 380 g/mol. The van der Waals surface area contributed by atoms with Crippen LogP contribution < -0.4 is 10.9 Å². The summed E-state index contributed by atoms with van der Waals surface area (Å²) in [5.41, 5.74) is 1.45. The van der Waals surface area contributed by atoms with E-state index in [9.17, 15) is 9.59 Å². The van der Waals surface area contributed by atoms with Crippen LogP contribution in [-0.2, 0) is 11.3 Å². The van der Waals surface area contributed by atoms with E-state index in [0.29, 0.717) is 42.8 Å². The molecule has 0 radical (unpaired) electrons. The van der Waals surface area contributed by atoms with Gasteiger partial charge in [0, 0.05) is 35.3 Å². The number of aromatic nitrogens is 3. The SMILES string of the molecule is C[C@H]1[C@H](C)CCC[C@H]1NC(=O)CCCn1c2ccccc2c2cn[nH]c(=O)c21. The Labute approximate surface area is 164 Å². The van der Waals surface area contributed by atoms with Crippen molar-refractivity contribution >= 4 is 27.7 Å². The van der Waals surface area contributed by atoms with Gasteiger partial charge < -0.3 is 9.88 Å². The molecule has 1 aromatic carbocycles. The molecule has 1 aliphatic rings. The number of benzene rings is 1. The second-order valence-electron chi connectivity index (χ2n) is 8.18. The van der Waals surface area contributed by atoms with Crippen molar-refractivity contribution in [2.75, 3.05) is 0 Å². The molecule has 0 aliphatic heterocycles. The van der Waals surface area contributed by atoms with E-state index in [1.807, 2.05) is 28.8 Å². The Balaban J connectivity index is 1.47. The number of aromatic amines is 1. The van der Waals surface area contributed by atoms with E-state index >= 15 is 0 Å². The molecule has 2 heterocycles. The summed E-state index contributed by atoms with van der Waals surface area (Å²) in [6, 6.07) is 8.25. The molecule has 0 spiro atoms. The molecule has 4 rings (SSSR count). The predicted molar refractivity (Wildman–Crippen MR) is 111 cm³/mol. The van der Waals surface area contributed by atoms with Gasteiger partial charge in [-0.05, 0) is 30.7 Å². The minimum absolute atomic E-state index is 0.113. The van der Waals surface area contributed by atoms with Crippen LogP contribution in [0.4, 0.5) is 0 Å². The minimum Gasteiger partial charge on any atom is -0.353 e. The van der Waals surface area contributed by atoms with Crippen molar-refractivity contribution in [3.8, 4) is 0 Å². The first-order chi connectivity index (χ1) is 13.6. The molecule has 6 heteroatoms. The Kier molecular flexibility index (Phi) is 5.20. The fourth-order valence-corrected chi connectivity index (χ4v) is 4.61. The fourth-order valence-electron chi connectivity index (χ4n) is 4.61. The first-order valence-corrected chi connectivity index (χ1v) is 10.3. The Hall–Kier alpha value is -2.63. The molecular weight excluding hydrogens is 352 g/mol. The third-order valence-electron chi connectivity index (χ3n) is 6.42. The van der Waals surface area contributed by atoms with E-state index in [4.69, 9.17) is 0 Å². The predicted octanol–water partition coefficient (Wildman–Crippen LogP) is 3.60. The molecule has 28 heavy (non-hydrogen) atoms. The van der Waals surface area contributed by atoms with Crippen LogP contribution in [-0.4, -0.2) is 26.7 Å². The first kappa shape index (κ1) is 18.7. The number of hydrogen-bond donors (Lipinski definition) is 2. The zero-order valence-corrected chi connectivity index (χ0v) is 16.6. The highest BCUT2D eigenvalue weighted by Gasteiger charge is 2.27. The number of nitrogens with zero attached hydrogens (tertiary/aromatic N) is 2. The Bertz CT molecular complexity index is 1050. The molecule has 0 unspecified atom stereocenters. The molecule has 1 amide bonds. The van der Waals surface area contributed by atoms with Crippen LogP contribution in [0.5, 0.6) is 0 Å². The molecule has 0 saturated heterocycles. The minimum atomic E-state index is -0.192. The van der Waals surface area contributed by atoms with E-state index in [1.165, 1.54) is 12.8 Å². The molecule has 148 valence electrons. The van der Waals surface area contributed by atoms with Crippen LogP contribution in [0.15, 0.2) is 35.3 Å². The van der Waals surface area contributed by atoms with Crippen molar-refractivity contribution in [2.45, 2.75) is 58.5 Å². The largest absolute Gasteiger partial charge is 0.353 e. The molecule has 0 bridgehead atoms. The number of hydrogen-bond acceptors (Lipinski definition) is 3. The van der Waals surface area contributed by atoms with Gasteiger partial charge in [0.05, 0.1) is 6.20 Å². The van der Waals surface area contributed by atoms with Gasteiger partial charge in [-0.25, -0.2) is 5.10 Å². The van der Waals surface area contributed by atoms with Crippen LogP contribution in [0.1, 0.15) is 46.0 Å². The maximum Gasteiger partial charge on any atom is 0.288 e. The Morgan fingerprint density at radius 3 is 2.93 bits per heavy atom. The lowest BCUT2D eigenvalue weighted by atomic mass is 9.78. The molecule has 1 saturated carbocycles. The van der Waals surface area contributed by atoms with Crippen molar-refractivity contribution in [3.05, 3.63) is 40.8 Å². The summed E-state index contributed by atoms with van der Waals surface area (Å²) in [5.74, 6) is 1.31. The molecule has 2 aromatic heterocycles. The highest BCUT2D eigenvalue weighted by atomic mass is 16.1. The quantitative estimate of drug-likeness (QED) is 0.710. The number of carbonyl (C=O) groups is 1. The van der Waals surface area contributed by atoms with E-state index in [1.54, 1.807) is 6.20 Å². The van der Waals surface area contributed by atoms with Crippen LogP contribution in [0.25, 0.3) is 21.8 Å². The zero-order valence-electron chi connectivity index (χ0n) is 16.6. The number of amides is 1. The molecule has 2 N–H and O–H groups in total. The van der Waals surface area contributed by atoms with E-state index < -0.39 is 0 Å². The number of para-hydroxylation sites is 1. The van der Waals surface area contributed by atoms with E-state index in [-0.39, 0.29) is 11.5 Å². The third-order valence-corrected chi connectivity index (χ3v) is 6.42. The number of H-pyrrole nitrogens is 1. The van der Waals surface area contributed by atoms with Gasteiger partial charge in [-0.1, -0.05) is 44.9 Å². The highest BCUT2D eigenvalue weighted by Crippen LogP contribution is 2.30. The lowest BCUT2D eigenvalue weighted by molar-refractivity contribution is -0.122. The lowest BCUT2D eigenvalue weighted by Crippen LogP contribution is -2.43.